The van der Waals surface area contributed by atoms with Crippen molar-refractivity contribution in [2.75, 3.05) is 33.4 Å². The number of carbonyl (C=O) groups excluding carboxylic acids is 1. The van der Waals surface area contributed by atoms with E-state index in [0.717, 1.165) is 13.1 Å². The average molecular weight is 170 g/mol. The molecule has 0 saturated carbocycles. The molecule has 4 heteroatoms. The molecule has 0 aliphatic carbocycles. The van der Waals surface area contributed by atoms with E-state index in [0.29, 0.717) is 13.2 Å². The van der Waals surface area contributed by atoms with Gasteiger partial charge in [-0.05, 0) is 7.05 Å². The van der Waals surface area contributed by atoms with Crippen LogP contribution in [0.25, 0.3) is 0 Å². The van der Waals surface area contributed by atoms with E-state index in [-0.39, 0.29) is 17.9 Å². The van der Waals surface area contributed by atoms with E-state index in [1.54, 1.807) is 0 Å². The molecule has 2 aliphatic heterocycles. The summed E-state index contributed by atoms with van der Waals surface area (Å²) in [7, 11) is 2.02. The molecule has 0 unspecified atom stereocenters. The second kappa shape index (κ2) is 3.03. The summed E-state index contributed by atoms with van der Waals surface area (Å²) in [6, 6.07) is 0.281. The van der Waals surface area contributed by atoms with Gasteiger partial charge in [-0.2, -0.15) is 0 Å². The summed E-state index contributed by atoms with van der Waals surface area (Å²) in [4.78, 5) is 13.5. The molecule has 4 nitrogen and oxygen atoms in total. The topological polar surface area (TPSA) is 41.6 Å². The lowest BCUT2D eigenvalue weighted by atomic mass is 10.00. The molecule has 68 valence electrons. The molecule has 12 heavy (non-hydrogen) atoms. The molecular formula is C8H14N2O2. The Morgan fingerprint density at radius 1 is 1.50 bits per heavy atom. The SMILES string of the molecule is CN1CC(C(=O)NC2COC2)C1. The normalized spacial score (nSPS) is 26.1. The van der Waals surface area contributed by atoms with E-state index in [4.69, 9.17) is 4.74 Å². The van der Waals surface area contributed by atoms with Crippen molar-refractivity contribution < 1.29 is 9.53 Å². The molecule has 0 aromatic carbocycles. The van der Waals surface area contributed by atoms with Crippen molar-refractivity contribution in [2.24, 2.45) is 5.92 Å². The van der Waals surface area contributed by atoms with Crippen molar-refractivity contribution in [3.05, 3.63) is 0 Å². The molecule has 0 radical (unpaired) electrons. The van der Waals surface area contributed by atoms with Crippen LogP contribution in [0.3, 0.4) is 0 Å². The van der Waals surface area contributed by atoms with Crippen LogP contribution < -0.4 is 5.32 Å². The van der Waals surface area contributed by atoms with Crippen molar-refractivity contribution >= 4 is 5.91 Å². The Morgan fingerprint density at radius 3 is 2.58 bits per heavy atom. The molecule has 1 N–H and O–H groups in total. The molecule has 0 aromatic rings. The van der Waals surface area contributed by atoms with Crippen LogP contribution in [-0.4, -0.2) is 50.2 Å². The Labute approximate surface area is 71.9 Å². The van der Waals surface area contributed by atoms with Gasteiger partial charge >= 0.3 is 0 Å². The number of nitrogens with zero attached hydrogens (tertiary/aromatic N) is 1. The fraction of sp³-hybridized carbons (Fsp3) is 0.875. The molecule has 0 bridgehead atoms. The molecule has 0 spiro atoms. The minimum Gasteiger partial charge on any atom is -0.377 e. The number of amides is 1. The lowest BCUT2D eigenvalue weighted by molar-refractivity contribution is -0.133. The van der Waals surface area contributed by atoms with Crippen LogP contribution in [-0.2, 0) is 9.53 Å². The van der Waals surface area contributed by atoms with Crippen LogP contribution in [0.15, 0.2) is 0 Å². The predicted molar refractivity (Wildman–Crippen MR) is 43.7 cm³/mol. The third-order valence-corrected chi connectivity index (χ3v) is 2.42. The highest BCUT2D eigenvalue weighted by atomic mass is 16.5. The first kappa shape index (κ1) is 8.01. The first-order valence-corrected chi connectivity index (χ1v) is 4.32. The van der Waals surface area contributed by atoms with E-state index in [1.165, 1.54) is 0 Å². The number of ether oxygens (including phenoxy) is 1. The first-order chi connectivity index (χ1) is 5.75. The maximum atomic E-state index is 11.4. The molecule has 2 rings (SSSR count). The van der Waals surface area contributed by atoms with E-state index in [9.17, 15) is 4.79 Å². The molecule has 2 saturated heterocycles. The first-order valence-electron chi connectivity index (χ1n) is 4.32. The molecule has 1 amide bonds. The zero-order chi connectivity index (χ0) is 8.55. The molecule has 2 fully saturated rings. The third kappa shape index (κ3) is 1.44. The van der Waals surface area contributed by atoms with Crippen molar-refractivity contribution in [1.82, 2.24) is 10.2 Å². The number of rotatable bonds is 2. The standard InChI is InChI=1S/C8H14N2O2/c1-10-2-6(3-10)8(11)9-7-4-12-5-7/h6-7H,2-5H2,1H3,(H,9,11). The van der Waals surface area contributed by atoms with Gasteiger partial charge in [-0.25, -0.2) is 0 Å². The second-order valence-corrected chi connectivity index (χ2v) is 3.66. The van der Waals surface area contributed by atoms with Gasteiger partial charge in [0.2, 0.25) is 5.91 Å². The van der Waals surface area contributed by atoms with Gasteiger partial charge in [0.1, 0.15) is 0 Å². The number of nitrogens with one attached hydrogen (secondary N) is 1. The van der Waals surface area contributed by atoms with Crippen molar-refractivity contribution in [2.45, 2.75) is 6.04 Å². The third-order valence-electron chi connectivity index (χ3n) is 2.42. The van der Waals surface area contributed by atoms with Crippen LogP contribution in [0, 0.1) is 5.92 Å². The second-order valence-electron chi connectivity index (χ2n) is 3.66. The van der Waals surface area contributed by atoms with Gasteiger partial charge in [0.25, 0.3) is 0 Å². The van der Waals surface area contributed by atoms with Crippen LogP contribution in [0.1, 0.15) is 0 Å². The fourth-order valence-corrected chi connectivity index (χ4v) is 1.50. The van der Waals surface area contributed by atoms with Crippen molar-refractivity contribution in [1.29, 1.82) is 0 Å². The van der Waals surface area contributed by atoms with Gasteiger partial charge < -0.3 is 15.0 Å². The highest BCUT2D eigenvalue weighted by Gasteiger charge is 2.32. The molecule has 2 aliphatic rings. The van der Waals surface area contributed by atoms with E-state index in [1.807, 2.05) is 7.05 Å². The number of hydrogen-bond donors (Lipinski definition) is 1. The zero-order valence-corrected chi connectivity index (χ0v) is 7.25. The summed E-state index contributed by atoms with van der Waals surface area (Å²) in [6.45, 7) is 3.18. The minimum absolute atomic E-state index is 0.196. The Bertz CT molecular complexity index is 185. The highest BCUT2D eigenvalue weighted by Crippen LogP contribution is 2.13. The smallest absolute Gasteiger partial charge is 0.226 e. The average Bonchev–Trinajstić information content (AvgIpc) is 1.90. The zero-order valence-electron chi connectivity index (χ0n) is 7.25. The number of likely N-dealkylation sites (tertiary alicyclic amines) is 1. The van der Waals surface area contributed by atoms with E-state index < -0.39 is 0 Å². The van der Waals surface area contributed by atoms with Gasteiger partial charge in [-0.15, -0.1) is 0 Å². The van der Waals surface area contributed by atoms with E-state index >= 15 is 0 Å². The maximum Gasteiger partial charge on any atom is 0.226 e. The summed E-state index contributed by atoms with van der Waals surface area (Å²) in [5, 5.41) is 2.95. The monoisotopic (exact) mass is 170 g/mol. The Balaban J connectivity index is 1.70. The van der Waals surface area contributed by atoms with Gasteiger partial charge in [0.05, 0.1) is 25.2 Å². The summed E-state index contributed by atoms with van der Waals surface area (Å²) >= 11 is 0. The Morgan fingerprint density at radius 2 is 2.17 bits per heavy atom. The van der Waals surface area contributed by atoms with Gasteiger partial charge in [-0.3, -0.25) is 4.79 Å². The predicted octanol–water partition coefficient (Wildman–Crippen LogP) is -0.937. The quantitative estimate of drug-likeness (QED) is 0.581. The number of hydrogen-bond acceptors (Lipinski definition) is 3. The van der Waals surface area contributed by atoms with Crippen LogP contribution in [0.2, 0.25) is 0 Å². The van der Waals surface area contributed by atoms with Crippen LogP contribution in [0.4, 0.5) is 0 Å². The van der Waals surface area contributed by atoms with Crippen LogP contribution in [0.5, 0.6) is 0 Å². The molecular weight excluding hydrogens is 156 g/mol. The summed E-state index contributed by atoms with van der Waals surface area (Å²) in [5.41, 5.74) is 0. The maximum absolute atomic E-state index is 11.4. The molecule has 0 atom stereocenters. The van der Waals surface area contributed by atoms with Gasteiger partial charge in [0, 0.05) is 13.1 Å². The number of carbonyl (C=O) groups is 1. The fourth-order valence-electron chi connectivity index (χ4n) is 1.50. The Kier molecular flexibility index (Phi) is 2.02. The van der Waals surface area contributed by atoms with Crippen molar-refractivity contribution in [3.63, 3.8) is 0 Å². The van der Waals surface area contributed by atoms with Crippen LogP contribution >= 0.6 is 0 Å². The van der Waals surface area contributed by atoms with Gasteiger partial charge in [0.15, 0.2) is 0 Å². The summed E-state index contributed by atoms with van der Waals surface area (Å²) in [6.07, 6.45) is 0. The summed E-state index contributed by atoms with van der Waals surface area (Å²) in [5.74, 6) is 0.414. The molecule has 2 heterocycles. The van der Waals surface area contributed by atoms with Crippen molar-refractivity contribution in [3.8, 4) is 0 Å². The Hall–Kier alpha value is -0.610. The lowest BCUT2D eigenvalue weighted by Crippen LogP contribution is -2.57. The van der Waals surface area contributed by atoms with Gasteiger partial charge in [-0.1, -0.05) is 0 Å². The largest absolute Gasteiger partial charge is 0.377 e. The minimum atomic E-state index is 0.196. The summed E-state index contributed by atoms with van der Waals surface area (Å²) < 4.78 is 4.96. The highest BCUT2D eigenvalue weighted by molar-refractivity contribution is 5.80. The lowest BCUT2D eigenvalue weighted by Gasteiger charge is -2.37. The molecule has 0 aromatic heterocycles. The van der Waals surface area contributed by atoms with E-state index in [2.05, 4.69) is 10.2 Å².